The van der Waals surface area contributed by atoms with Crippen LogP contribution in [0.5, 0.6) is 0 Å². The molecular formula is C13H16FN5OS. The van der Waals surface area contributed by atoms with Gasteiger partial charge < -0.3 is 11.2 Å². The number of halogens is 1. The fourth-order valence-corrected chi connectivity index (χ4v) is 2.41. The summed E-state index contributed by atoms with van der Waals surface area (Å²) in [5.74, 6) is 5.92. The van der Waals surface area contributed by atoms with Gasteiger partial charge >= 0.3 is 0 Å². The number of thioether (sulfide) groups is 1. The number of rotatable bonds is 5. The van der Waals surface area contributed by atoms with E-state index in [1.54, 1.807) is 6.92 Å². The van der Waals surface area contributed by atoms with Crippen LogP contribution in [0, 0.1) is 5.82 Å². The monoisotopic (exact) mass is 309 g/mol. The van der Waals surface area contributed by atoms with Crippen molar-refractivity contribution in [2.45, 2.75) is 30.7 Å². The molecule has 0 aliphatic rings. The fraction of sp³-hybridized carbons (Fsp3) is 0.308. The number of nitrogens with two attached hydrogens (primary N) is 1. The molecule has 0 aliphatic heterocycles. The lowest BCUT2D eigenvalue weighted by atomic mass is 10.3. The quantitative estimate of drug-likeness (QED) is 0.650. The average Bonchev–Trinajstić information content (AvgIpc) is 2.82. The first kappa shape index (κ1) is 15.3. The Kier molecular flexibility index (Phi) is 4.79. The minimum absolute atomic E-state index is 0.215. The van der Waals surface area contributed by atoms with Crippen LogP contribution in [0.2, 0.25) is 0 Å². The number of aryl methyl sites for hydroxylation is 1. The van der Waals surface area contributed by atoms with E-state index in [-0.39, 0.29) is 11.7 Å². The second-order valence-electron chi connectivity index (χ2n) is 4.38. The Morgan fingerprint density at radius 2 is 2.10 bits per heavy atom. The molecule has 21 heavy (non-hydrogen) atoms. The molecule has 6 nitrogen and oxygen atoms in total. The number of amides is 1. The van der Waals surface area contributed by atoms with Crippen molar-refractivity contribution in [3.05, 3.63) is 35.9 Å². The van der Waals surface area contributed by atoms with Crippen LogP contribution < -0.4 is 11.2 Å². The molecule has 0 saturated carbocycles. The van der Waals surface area contributed by atoms with Gasteiger partial charge in [-0.2, -0.15) is 0 Å². The topological polar surface area (TPSA) is 85.8 Å². The van der Waals surface area contributed by atoms with E-state index in [0.717, 1.165) is 0 Å². The Morgan fingerprint density at radius 1 is 1.43 bits per heavy atom. The molecule has 1 heterocycles. The summed E-state index contributed by atoms with van der Waals surface area (Å²) in [7, 11) is 0. The lowest BCUT2D eigenvalue weighted by Gasteiger charge is -2.11. The van der Waals surface area contributed by atoms with Crippen LogP contribution in [0.3, 0.4) is 0 Å². The maximum Gasteiger partial charge on any atom is 0.237 e. The lowest BCUT2D eigenvalue weighted by Crippen LogP contribution is -2.23. The van der Waals surface area contributed by atoms with Crippen molar-refractivity contribution < 1.29 is 9.18 Å². The highest BCUT2D eigenvalue weighted by molar-refractivity contribution is 8.00. The van der Waals surface area contributed by atoms with Crippen LogP contribution in [0.15, 0.2) is 29.4 Å². The minimum Gasteiger partial charge on any atom is -0.336 e. The largest absolute Gasteiger partial charge is 0.336 e. The van der Waals surface area contributed by atoms with Gasteiger partial charge in [0.1, 0.15) is 5.82 Å². The first-order chi connectivity index (χ1) is 10.0. The number of benzene rings is 1. The Bertz CT molecular complexity index is 628. The van der Waals surface area contributed by atoms with Gasteiger partial charge in [-0.25, -0.2) is 9.07 Å². The van der Waals surface area contributed by atoms with Crippen molar-refractivity contribution in [1.82, 2.24) is 14.9 Å². The van der Waals surface area contributed by atoms with Gasteiger partial charge in [0.05, 0.1) is 5.25 Å². The van der Waals surface area contributed by atoms with Gasteiger partial charge in [-0.05, 0) is 31.2 Å². The maximum absolute atomic E-state index is 12.8. The van der Waals surface area contributed by atoms with Gasteiger partial charge in [0.2, 0.25) is 11.1 Å². The van der Waals surface area contributed by atoms with E-state index in [9.17, 15) is 9.18 Å². The molecule has 1 atom stereocenters. The molecule has 0 bridgehead atoms. The third kappa shape index (κ3) is 3.72. The van der Waals surface area contributed by atoms with Gasteiger partial charge in [-0.1, -0.05) is 18.7 Å². The van der Waals surface area contributed by atoms with Gasteiger partial charge in [0, 0.05) is 12.1 Å². The summed E-state index contributed by atoms with van der Waals surface area (Å²) in [5.41, 5.74) is 0.539. The molecule has 3 N–H and O–H groups in total. The zero-order valence-electron chi connectivity index (χ0n) is 11.7. The second-order valence-corrected chi connectivity index (χ2v) is 5.69. The highest BCUT2D eigenvalue weighted by Gasteiger charge is 2.19. The Morgan fingerprint density at radius 3 is 2.67 bits per heavy atom. The molecule has 0 saturated heterocycles. The molecule has 0 fully saturated rings. The number of aromatic nitrogens is 3. The van der Waals surface area contributed by atoms with Gasteiger partial charge in [0.15, 0.2) is 5.82 Å². The molecule has 0 radical (unpaired) electrons. The third-order valence-electron chi connectivity index (χ3n) is 2.81. The summed E-state index contributed by atoms with van der Waals surface area (Å²) < 4.78 is 14.2. The normalized spacial score (nSPS) is 12.1. The number of hydrogen-bond donors (Lipinski definition) is 2. The van der Waals surface area contributed by atoms with Crippen LogP contribution >= 0.6 is 11.8 Å². The van der Waals surface area contributed by atoms with Gasteiger partial charge in [-0.15, -0.1) is 10.2 Å². The van der Waals surface area contributed by atoms with Crippen molar-refractivity contribution >= 4 is 23.4 Å². The number of anilines is 1. The van der Waals surface area contributed by atoms with E-state index >= 15 is 0 Å². The molecule has 0 aliphatic carbocycles. The Balaban J connectivity index is 1.99. The van der Waals surface area contributed by atoms with Gasteiger partial charge in [-0.3, -0.25) is 4.79 Å². The predicted molar refractivity (Wildman–Crippen MR) is 79.9 cm³/mol. The molecule has 1 aromatic heterocycles. The van der Waals surface area contributed by atoms with Crippen LogP contribution in [0.4, 0.5) is 10.1 Å². The zero-order valence-corrected chi connectivity index (χ0v) is 12.5. The highest BCUT2D eigenvalue weighted by Crippen LogP contribution is 2.22. The molecule has 112 valence electrons. The number of nitrogens with zero attached hydrogens (tertiary/aromatic N) is 3. The van der Waals surface area contributed by atoms with Crippen LogP contribution in [0.1, 0.15) is 19.7 Å². The van der Waals surface area contributed by atoms with E-state index in [1.165, 1.54) is 40.7 Å². The first-order valence-electron chi connectivity index (χ1n) is 6.43. The fourth-order valence-electron chi connectivity index (χ4n) is 1.62. The van der Waals surface area contributed by atoms with Crippen molar-refractivity contribution in [3.8, 4) is 0 Å². The summed E-state index contributed by atoms with van der Waals surface area (Å²) >= 11 is 1.22. The Hall–Kier alpha value is -2.09. The highest BCUT2D eigenvalue weighted by atomic mass is 32.2. The number of carbonyl (C=O) groups excluding carboxylic acids is 1. The van der Waals surface area contributed by atoms with Crippen molar-refractivity contribution in [1.29, 1.82) is 0 Å². The van der Waals surface area contributed by atoms with Crippen LogP contribution in [0.25, 0.3) is 0 Å². The molecule has 0 unspecified atom stereocenters. The molecule has 8 heteroatoms. The molecule has 1 amide bonds. The van der Waals surface area contributed by atoms with E-state index in [0.29, 0.717) is 23.1 Å². The summed E-state index contributed by atoms with van der Waals surface area (Å²) in [4.78, 5) is 12.1. The lowest BCUT2D eigenvalue weighted by molar-refractivity contribution is -0.115. The van der Waals surface area contributed by atoms with E-state index in [4.69, 9.17) is 5.84 Å². The van der Waals surface area contributed by atoms with Crippen molar-refractivity contribution in [2.75, 3.05) is 11.2 Å². The minimum atomic E-state index is -0.411. The molecule has 2 rings (SSSR count). The summed E-state index contributed by atoms with van der Waals surface area (Å²) in [6.07, 6.45) is 0.667. The number of nitrogen functional groups attached to an aromatic ring is 1. The number of nitrogens with one attached hydrogen (secondary N) is 1. The predicted octanol–water partition coefficient (Wildman–Crippen LogP) is 1.81. The summed E-state index contributed by atoms with van der Waals surface area (Å²) in [6, 6.07) is 5.59. The van der Waals surface area contributed by atoms with E-state index in [2.05, 4.69) is 15.5 Å². The smallest absolute Gasteiger partial charge is 0.237 e. The van der Waals surface area contributed by atoms with Crippen molar-refractivity contribution in [3.63, 3.8) is 0 Å². The SMILES string of the molecule is CCc1nnc(S[C@@H](C)C(=O)Nc2ccc(F)cc2)n1N. The second kappa shape index (κ2) is 6.57. The Labute approximate surface area is 125 Å². The summed E-state index contributed by atoms with van der Waals surface area (Å²) in [5, 5.41) is 10.7. The average molecular weight is 309 g/mol. The third-order valence-corrected chi connectivity index (χ3v) is 3.87. The standard InChI is InChI=1S/C13H16FN5OS/c1-3-11-17-18-13(19(11)15)21-8(2)12(20)16-10-6-4-9(14)5-7-10/h4-8H,3,15H2,1-2H3,(H,16,20)/t8-/m0/s1. The molecule has 2 aromatic rings. The van der Waals surface area contributed by atoms with E-state index in [1.807, 2.05) is 6.92 Å². The first-order valence-corrected chi connectivity index (χ1v) is 7.31. The molecular weight excluding hydrogens is 293 g/mol. The molecule has 1 aromatic carbocycles. The maximum atomic E-state index is 12.8. The number of hydrogen-bond acceptors (Lipinski definition) is 5. The van der Waals surface area contributed by atoms with E-state index < -0.39 is 5.25 Å². The van der Waals surface area contributed by atoms with Gasteiger partial charge in [0.25, 0.3) is 0 Å². The molecule has 0 spiro atoms. The number of carbonyl (C=O) groups is 1. The van der Waals surface area contributed by atoms with Crippen molar-refractivity contribution in [2.24, 2.45) is 0 Å². The van der Waals surface area contributed by atoms with Crippen LogP contribution in [-0.4, -0.2) is 26.0 Å². The zero-order chi connectivity index (χ0) is 15.4. The van der Waals surface area contributed by atoms with Crippen LogP contribution in [-0.2, 0) is 11.2 Å². The summed E-state index contributed by atoms with van der Waals surface area (Å²) in [6.45, 7) is 3.66.